The second-order valence-electron chi connectivity index (χ2n) is 7.26. The summed E-state index contributed by atoms with van der Waals surface area (Å²) < 4.78 is 5.53. The quantitative estimate of drug-likeness (QED) is 0.363. The van der Waals surface area contributed by atoms with E-state index in [1.165, 1.54) is 16.7 Å². The molecule has 0 unspecified atom stereocenters. The second-order valence-corrected chi connectivity index (χ2v) is 8.35. The van der Waals surface area contributed by atoms with E-state index < -0.39 is 0 Å². The highest BCUT2D eigenvalue weighted by Gasteiger charge is 2.41. The van der Waals surface area contributed by atoms with Crippen LogP contribution >= 0.6 is 11.8 Å². The fourth-order valence-electron chi connectivity index (χ4n) is 3.92. The van der Waals surface area contributed by atoms with Crippen LogP contribution in [0.1, 0.15) is 5.56 Å². The van der Waals surface area contributed by atoms with Gasteiger partial charge in [-0.05, 0) is 29.7 Å². The van der Waals surface area contributed by atoms with Crippen molar-refractivity contribution >= 4 is 45.6 Å². The lowest BCUT2D eigenvalue weighted by molar-refractivity contribution is -0.119. The monoisotopic (exact) mass is 437 g/mol. The van der Waals surface area contributed by atoms with Crippen LogP contribution in [0.15, 0.2) is 107 Å². The molecule has 0 aromatic heterocycles. The van der Waals surface area contributed by atoms with Gasteiger partial charge in [-0.3, -0.25) is 9.59 Å². The highest BCUT2D eigenvalue weighted by Crippen LogP contribution is 2.44. The first-order chi connectivity index (χ1) is 15.7. The number of para-hydroxylation sites is 1. The Morgan fingerprint density at radius 2 is 1.41 bits per heavy atom. The number of carbonyl (C=O) groups is 2. The van der Waals surface area contributed by atoms with Crippen molar-refractivity contribution in [2.24, 2.45) is 0 Å². The largest absolute Gasteiger partial charge is 0.496 e. The van der Waals surface area contributed by atoms with Crippen LogP contribution in [0, 0.1) is 0 Å². The van der Waals surface area contributed by atoms with Gasteiger partial charge in [0.1, 0.15) is 5.75 Å². The first-order valence-electron chi connectivity index (χ1n) is 10.2. The molecule has 0 spiro atoms. The van der Waals surface area contributed by atoms with E-state index in [1.807, 2.05) is 91.0 Å². The van der Waals surface area contributed by atoms with Crippen molar-refractivity contribution in [2.45, 2.75) is 4.90 Å². The zero-order valence-electron chi connectivity index (χ0n) is 17.3. The number of methoxy groups -OCH3 is 1. The highest BCUT2D eigenvalue weighted by atomic mass is 32.2. The molecule has 4 aromatic carbocycles. The molecule has 0 atom stereocenters. The third kappa shape index (κ3) is 3.37. The van der Waals surface area contributed by atoms with Crippen LogP contribution in [0.5, 0.6) is 5.75 Å². The molecule has 0 saturated carbocycles. The summed E-state index contributed by atoms with van der Waals surface area (Å²) in [5, 5.41) is 1.82. The lowest BCUT2D eigenvalue weighted by Gasteiger charge is -2.18. The lowest BCUT2D eigenvalue weighted by Crippen LogP contribution is -2.31. The van der Waals surface area contributed by atoms with Gasteiger partial charge in [0.05, 0.1) is 23.3 Å². The summed E-state index contributed by atoms with van der Waals surface area (Å²) in [5.74, 6) is -0.134. The van der Waals surface area contributed by atoms with Gasteiger partial charge in [0.2, 0.25) is 0 Å². The molecule has 4 nitrogen and oxygen atoms in total. The number of fused-ring (bicyclic) bond motifs is 1. The zero-order valence-corrected chi connectivity index (χ0v) is 18.1. The standard InChI is InChI=1S/C27H19NO3S/c1-31-23-17-8-7-15-21(23)24-25(32-19-12-3-2-4-13-19)27(30)28(26(24)29)22-16-9-11-18-10-5-6-14-20(18)22/h2-17H,1H3. The van der Waals surface area contributed by atoms with Gasteiger partial charge in [-0.2, -0.15) is 0 Å². The SMILES string of the molecule is COc1ccccc1C1=C(Sc2ccccc2)C(=O)N(c2cccc3ccccc23)C1=O. The minimum absolute atomic E-state index is 0.332. The number of imide groups is 1. The Hall–Kier alpha value is -3.83. The highest BCUT2D eigenvalue weighted by molar-refractivity contribution is 8.04. The average molecular weight is 438 g/mol. The van der Waals surface area contributed by atoms with E-state index in [9.17, 15) is 9.59 Å². The summed E-state index contributed by atoms with van der Waals surface area (Å²) in [6.07, 6.45) is 0. The van der Waals surface area contributed by atoms with Gasteiger partial charge in [-0.1, -0.05) is 84.6 Å². The van der Waals surface area contributed by atoms with Crippen LogP contribution in [-0.2, 0) is 9.59 Å². The van der Waals surface area contributed by atoms with Crippen LogP contribution < -0.4 is 9.64 Å². The van der Waals surface area contributed by atoms with E-state index >= 15 is 0 Å². The molecule has 0 radical (unpaired) electrons. The van der Waals surface area contributed by atoms with Crippen molar-refractivity contribution in [1.29, 1.82) is 0 Å². The summed E-state index contributed by atoms with van der Waals surface area (Å²) in [4.78, 5) is 30.1. The number of hydrogen-bond donors (Lipinski definition) is 0. The summed E-state index contributed by atoms with van der Waals surface area (Å²) in [5.41, 5.74) is 1.54. The molecular formula is C27H19NO3S. The number of hydrogen-bond acceptors (Lipinski definition) is 4. The predicted molar refractivity (Wildman–Crippen MR) is 129 cm³/mol. The second kappa shape index (κ2) is 8.36. The predicted octanol–water partition coefficient (Wildman–Crippen LogP) is 5.93. The molecule has 1 aliphatic heterocycles. The van der Waals surface area contributed by atoms with Crippen molar-refractivity contribution in [3.05, 3.63) is 108 Å². The zero-order chi connectivity index (χ0) is 22.1. The molecule has 0 aliphatic carbocycles. The molecular weight excluding hydrogens is 418 g/mol. The van der Waals surface area contributed by atoms with Gasteiger partial charge in [-0.25, -0.2) is 4.90 Å². The van der Waals surface area contributed by atoms with Crippen molar-refractivity contribution in [2.75, 3.05) is 12.0 Å². The maximum atomic E-state index is 13.8. The Balaban J connectivity index is 1.70. The Morgan fingerprint density at radius 1 is 0.719 bits per heavy atom. The maximum absolute atomic E-state index is 13.8. The van der Waals surface area contributed by atoms with Crippen molar-refractivity contribution in [1.82, 2.24) is 0 Å². The number of nitrogens with zero attached hydrogens (tertiary/aromatic N) is 1. The van der Waals surface area contributed by atoms with Crippen LogP contribution in [0.3, 0.4) is 0 Å². The average Bonchev–Trinajstić information content (AvgIpc) is 3.08. The van der Waals surface area contributed by atoms with Gasteiger partial charge in [0.25, 0.3) is 11.8 Å². The summed E-state index contributed by atoms with van der Waals surface area (Å²) in [7, 11) is 1.56. The molecule has 0 bridgehead atoms. The van der Waals surface area contributed by atoms with Crippen LogP contribution in [-0.4, -0.2) is 18.9 Å². The topological polar surface area (TPSA) is 46.6 Å². The smallest absolute Gasteiger partial charge is 0.272 e. The first kappa shape index (κ1) is 20.1. The lowest BCUT2D eigenvalue weighted by atomic mass is 10.0. The van der Waals surface area contributed by atoms with E-state index in [0.29, 0.717) is 27.5 Å². The third-order valence-electron chi connectivity index (χ3n) is 5.39. The van der Waals surface area contributed by atoms with Crippen molar-refractivity contribution < 1.29 is 14.3 Å². The number of ether oxygens (including phenoxy) is 1. The Bertz CT molecular complexity index is 1370. The van der Waals surface area contributed by atoms with Gasteiger partial charge in [0.15, 0.2) is 0 Å². The number of thioether (sulfide) groups is 1. The van der Waals surface area contributed by atoms with Crippen LogP contribution in [0.25, 0.3) is 16.3 Å². The van der Waals surface area contributed by atoms with Crippen LogP contribution in [0.2, 0.25) is 0 Å². The number of benzene rings is 4. The molecule has 4 aromatic rings. The van der Waals surface area contributed by atoms with E-state index in [2.05, 4.69) is 0 Å². The van der Waals surface area contributed by atoms with Crippen molar-refractivity contribution in [3.63, 3.8) is 0 Å². The van der Waals surface area contributed by atoms with Crippen molar-refractivity contribution in [3.8, 4) is 5.75 Å². The number of carbonyl (C=O) groups excluding carboxylic acids is 2. The number of anilines is 1. The Kier molecular flexibility index (Phi) is 5.25. The Labute approximate surface area is 190 Å². The van der Waals surface area contributed by atoms with E-state index in [1.54, 1.807) is 13.2 Å². The normalized spacial score (nSPS) is 13.8. The number of rotatable bonds is 5. The van der Waals surface area contributed by atoms with Gasteiger partial charge >= 0.3 is 0 Å². The fourth-order valence-corrected chi connectivity index (χ4v) is 4.93. The third-order valence-corrected chi connectivity index (χ3v) is 6.48. The molecule has 0 fully saturated rings. The molecule has 1 heterocycles. The van der Waals surface area contributed by atoms with Gasteiger partial charge in [0, 0.05) is 15.8 Å². The molecule has 32 heavy (non-hydrogen) atoms. The molecule has 2 amide bonds. The minimum Gasteiger partial charge on any atom is -0.496 e. The van der Waals surface area contributed by atoms with E-state index in [-0.39, 0.29) is 11.8 Å². The van der Waals surface area contributed by atoms with E-state index in [4.69, 9.17) is 4.74 Å². The van der Waals surface area contributed by atoms with E-state index in [0.717, 1.165) is 15.7 Å². The minimum atomic E-state index is -0.353. The first-order valence-corrected chi connectivity index (χ1v) is 11.0. The molecule has 156 valence electrons. The summed E-state index contributed by atoms with van der Waals surface area (Å²) in [6, 6.07) is 30.3. The summed E-state index contributed by atoms with van der Waals surface area (Å²) in [6.45, 7) is 0. The molecule has 5 heteroatoms. The summed E-state index contributed by atoms with van der Waals surface area (Å²) >= 11 is 1.30. The molecule has 0 saturated heterocycles. The molecule has 1 aliphatic rings. The maximum Gasteiger partial charge on any atom is 0.272 e. The Morgan fingerprint density at radius 3 is 2.22 bits per heavy atom. The molecule has 5 rings (SSSR count). The fraction of sp³-hybridized carbons (Fsp3) is 0.0370. The molecule has 0 N–H and O–H groups in total. The van der Waals surface area contributed by atoms with Gasteiger partial charge < -0.3 is 4.74 Å². The number of amides is 2. The van der Waals surface area contributed by atoms with Gasteiger partial charge in [-0.15, -0.1) is 0 Å². The van der Waals surface area contributed by atoms with Crippen LogP contribution in [0.4, 0.5) is 5.69 Å².